The van der Waals surface area contributed by atoms with E-state index in [2.05, 4.69) is 35.5 Å². The lowest BCUT2D eigenvalue weighted by Crippen LogP contribution is -2.29. The van der Waals surface area contributed by atoms with Crippen molar-refractivity contribution in [1.82, 2.24) is 10.2 Å². The monoisotopic (exact) mass is 286 g/mol. The summed E-state index contributed by atoms with van der Waals surface area (Å²) in [5, 5.41) is 4.44. The van der Waals surface area contributed by atoms with Gasteiger partial charge in [0.1, 0.15) is 5.58 Å². The summed E-state index contributed by atoms with van der Waals surface area (Å²) in [5.74, 6) is 0. The van der Waals surface area contributed by atoms with Crippen LogP contribution in [0.1, 0.15) is 43.7 Å². The normalized spacial score (nSPS) is 23.0. The first kappa shape index (κ1) is 14.6. The molecule has 0 aliphatic carbocycles. The quantitative estimate of drug-likeness (QED) is 0.860. The van der Waals surface area contributed by atoms with Crippen LogP contribution in [-0.4, -0.2) is 31.6 Å². The molecule has 2 aliphatic heterocycles. The molecule has 2 saturated heterocycles. The Labute approximate surface area is 127 Å². The standard InChI is InChI=1S/C14H17NO.C4H9N/c1-15-8-3-2-4-13(15)11-5-6-14-12(10-11)7-9-16-14;1-2-4-5-3-1/h5-7,9-10,13H,2-4,8H2,1H3;5H,1-4H2. The summed E-state index contributed by atoms with van der Waals surface area (Å²) in [7, 11) is 2.23. The number of hydrogen-bond donors (Lipinski definition) is 1. The lowest BCUT2D eigenvalue weighted by atomic mass is 9.95. The molecule has 3 heterocycles. The second-order valence-electron chi connectivity index (χ2n) is 6.17. The Kier molecular flexibility index (Phi) is 4.94. The first-order valence-corrected chi connectivity index (χ1v) is 8.23. The zero-order chi connectivity index (χ0) is 14.5. The van der Waals surface area contributed by atoms with E-state index in [1.165, 1.54) is 62.7 Å². The molecule has 0 bridgehead atoms. The first-order valence-electron chi connectivity index (χ1n) is 8.23. The van der Waals surface area contributed by atoms with Gasteiger partial charge in [-0.3, -0.25) is 4.90 Å². The van der Waals surface area contributed by atoms with Crippen molar-refractivity contribution >= 4 is 11.0 Å². The lowest BCUT2D eigenvalue weighted by molar-refractivity contribution is 0.187. The minimum atomic E-state index is 0.591. The van der Waals surface area contributed by atoms with Crippen LogP contribution in [0.4, 0.5) is 0 Å². The zero-order valence-electron chi connectivity index (χ0n) is 13.0. The SMILES string of the molecule is C1CCNC1.CN1CCCCC1c1ccc2occc2c1. The van der Waals surface area contributed by atoms with Crippen molar-refractivity contribution in [2.24, 2.45) is 0 Å². The van der Waals surface area contributed by atoms with Crippen LogP contribution in [0.25, 0.3) is 11.0 Å². The Balaban J connectivity index is 0.000000225. The first-order chi connectivity index (χ1) is 10.3. The van der Waals surface area contributed by atoms with Crippen molar-refractivity contribution in [1.29, 1.82) is 0 Å². The highest BCUT2D eigenvalue weighted by atomic mass is 16.3. The number of rotatable bonds is 1. The van der Waals surface area contributed by atoms with Gasteiger partial charge in [-0.1, -0.05) is 12.5 Å². The predicted molar refractivity (Wildman–Crippen MR) is 87.5 cm³/mol. The van der Waals surface area contributed by atoms with Crippen LogP contribution in [0, 0.1) is 0 Å². The maximum Gasteiger partial charge on any atom is 0.133 e. The fourth-order valence-corrected chi connectivity index (χ4v) is 3.31. The second kappa shape index (κ2) is 7.10. The van der Waals surface area contributed by atoms with Gasteiger partial charge in [0.05, 0.1) is 6.26 Å². The molecule has 3 heteroatoms. The molecule has 0 amide bonds. The van der Waals surface area contributed by atoms with Crippen LogP contribution in [-0.2, 0) is 0 Å². The molecule has 1 N–H and O–H groups in total. The van der Waals surface area contributed by atoms with Crippen molar-refractivity contribution < 1.29 is 4.42 Å². The van der Waals surface area contributed by atoms with Gasteiger partial charge >= 0.3 is 0 Å². The summed E-state index contributed by atoms with van der Waals surface area (Å²) in [5.41, 5.74) is 2.42. The van der Waals surface area contributed by atoms with Crippen LogP contribution in [0.2, 0.25) is 0 Å². The molecule has 0 saturated carbocycles. The third kappa shape index (κ3) is 3.66. The number of hydrogen-bond acceptors (Lipinski definition) is 3. The fraction of sp³-hybridized carbons (Fsp3) is 0.556. The minimum Gasteiger partial charge on any atom is -0.464 e. The van der Waals surface area contributed by atoms with E-state index >= 15 is 0 Å². The minimum absolute atomic E-state index is 0.591. The third-order valence-electron chi connectivity index (χ3n) is 4.59. The van der Waals surface area contributed by atoms with Gasteiger partial charge in [0.2, 0.25) is 0 Å². The smallest absolute Gasteiger partial charge is 0.133 e. The molecule has 1 unspecified atom stereocenters. The highest BCUT2D eigenvalue weighted by Crippen LogP contribution is 2.31. The molecule has 3 nitrogen and oxygen atoms in total. The maximum atomic E-state index is 5.37. The van der Waals surface area contributed by atoms with Crippen molar-refractivity contribution in [3.8, 4) is 0 Å². The van der Waals surface area contributed by atoms with E-state index in [0.29, 0.717) is 6.04 Å². The van der Waals surface area contributed by atoms with Gasteiger partial charge in [-0.25, -0.2) is 0 Å². The van der Waals surface area contributed by atoms with Gasteiger partial charge < -0.3 is 9.73 Å². The summed E-state index contributed by atoms with van der Waals surface area (Å²) >= 11 is 0. The van der Waals surface area contributed by atoms with Crippen molar-refractivity contribution in [2.75, 3.05) is 26.7 Å². The molecule has 1 atom stereocenters. The average Bonchev–Trinajstić information content (AvgIpc) is 3.21. The Morgan fingerprint density at radius 2 is 1.95 bits per heavy atom. The summed E-state index contributed by atoms with van der Waals surface area (Å²) in [6, 6.07) is 9.20. The lowest BCUT2D eigenvalue weighted by Gasteiger charge is -2.32. The van der Waals surface area contributed by atoms with Crippen LogP contribution < -0.4 is 5.32 Å². The van der Waals surface area contributed by atoms with E-state index in [-0.39, 0.29) is 0 Å². The average molecular weight is 286 g/mol. The summed E-state index contributed by atoms with van der Waals surface area (Å²) < 4.78 is 5.37. The Bertz CT molecular complexity index is 551. The van der Waals surface area contributed by atoms with Crippen molar-refractivity contribution in [2.45, 2.75) is 38.1 Å². The number of likely N-dealkylation sites (tertiary alicyclic amines) is 1. The predicted octanol–water partition coefficient (Wildman–Crippen LogP) is 3.96. The number of benzene rings is 1. The van der Waals surface area contributed by atoms with Gasteiger partial charge in [-0.05, 0) is 76.1 Å². The Hall–Kier alpha value is -1.32. The van der Waals surface area contributed by atoms with E-state index in [4.69, 9.17) is 4.42 Å². The van der Waals surface area contributed by atoms with Crippen LogP contribution in [0.15, 0.2) is 34.9 Å². The molecule has 21 heavy (non-hydrogen) atoms. The van der Waals surface area contributed by atoms with E-state index < -0.39 is 0 Å². The van der Waals surface area contributed by atoms with Gasteiger partial charge in [-0.2, -0.15) is 0 Å². The maximum absolute atomic E-state index is 5.37. The molecule has 114 valence electrons. The van der Waals surface area contributed by atoms with Gasteiger partial charge in [0.25, 0.3) is 0 Å². The number of fused-ring (bicyclic) bond motifs is 1. The molecule has 1 aromatic carbocycles. The molecule has 0 radical (unpaired) electrons. The van der Waals surface area contributed by atoms with Gasteiger partial charge in [0.15, 0.2) is 0 Å². The van der Waals surface area contributed by atoms with Crippen molar-refractivity contribution in [3.05, 3.63) is 36.1 Å². The topological polar surface area (TPSA) is 28.4 Å². The largest absolute Gasteiger partial charge is 0.464 e. The van der Waals surface area contributed by atoms with Gasteiger partial charge in [0, 0.05) is 11.4 Å². The van der Waals surface area contributed by atoms with Gasteiger partial charge in [-0.15, -0.1) is 0 Å². The second-order valence-corrected chi connectivity index (χ2v) is 6.17. The molecule has 0 spiro atoms. The highest BCUT2D eigenvalue weighted by Gasteiger charge is 2.20. The highest BCUT2D eigenvalue weighted by molar-refractivity contribution is 5.77. The molecule has 1 aromatic heterocycles. The molecule has 4 rings (SSSR count). The van der Waals surface area contributed by atoms with Crippen LogP contribution >= 0.6 is 0 Å². The van der Waals surface area contributed by atoms with Crippen molar-refractivity contribution in [3.63, 3.8) is 0 Å². The molecule has 2 aromatic rings. The van der Waals surface area contributed by atoms with Crippen LogP contribution in [0.3, 0.4) is 0 Å². The zero-order valence-corrected chi connectivity index (χ0v) is 13.0. The summed E-state index contributed by atoms with van der Waals surface area (Å²) in [6.45, 7) is 3.72. The summed E-state index contributed by atoms with van der Waals surface area (Å²) in [4.78, 5) is 2.46. The molecular weight excluding hydrogens is 260 g/mol. The van der Waals surface area contributed by atoms with E-state index in [0.717, 1.165) is 5.58 Å². The van der Waals surface area contributed by atoms with Crippen LogP contribution in [0.5, 0.6) is 0 Å². The Morgan fingerprint density at radius 1 is 1.10 bits per heavy atom. The molecule has 2 fully saturated rings. The number of nitrogens with zero attached hydrogens (tertiary/aromatic N) is 1. The van der Waals surface area contributed by atoms with E-state index in [9.17, 15) is 0 Å². The number of piperidine rings is 1. The summed E-state index contributed by atoms with van der Waals surface area (Å²) in [6.07, 6.45) is 8.50. The Morgan fingerprint density at radius 3 is 2.67 bits per heavy atom. The fourth-order valence-electron chi connectivity index (χ4n) is 3.31. The third-order valence-corrected chi connectivity index (χ3v) is 4.59. The molecular formula is C18H26N2O. The number of nitrogens with one attached hydrogen (secondary N) is 1. The van der Waals surface area contributed by atoms with E-state index in [1.54, 1.807) is 6.26 Å². The number of furan rings is 1. The molecule has 2 aliphatic rings. The van der Waals surface area contributed by atoms with E-state index in [1.807, 2.05) is 6.07 Å².